The number of hydrogen-bond acceptors (Lipinski definition) is 11. The van der Waals surface area contributed by atoms with Gasteiger partial charge in [-0.2, -0.15) is 0 Å². The fourth-order valence-electron chi connectivity index (χ4n) is 11.4. The van der Waals surface area contributed by atoms with Crippen LogP contribution in [-0.4, -0.2) is 110 Å². The van der Waals surface area contributed by atoms with Crippen LogP contribution in [0, 0.1) is 17.7 Å². The number of benzene rings is 2. The van der Waals surface area contributed by atoms with Gasteiger partial charge < -0.3 is 49.3 Å². The topological polar surface area (TPSA) is 198 Å². The number of halogens is 1. The molecule has 17 nitrogen and oxygen atoms in total. The highest BCUT2D eigenvalue weighted by atomic mass is 32.1. The lowest BCUT2D eigenvalue weighted by atomic mass is 9.85. The summed E-state index contributed by atoms with van der Waals surface area (Å²) in [5, 5.41) is 6.43. The van der Waals surface area contributed by atoms with Gasteiger partial charge in [0.05, 0.1) is 83.9 Å². The number of likely N-dealkylation sites (tertiary alicyclic amines) is 2. The molecule has 3 saturated heterocycles. The number of aromatic amines is 2. The molecule has 3 fully saturated rings. The number of ether oxygens (including phenoxy) is 4. The van der Waals surface area contributed by atoms with Crippen molar-refractivity contribution in [3.05, 3.63) is 88.1 Å². The Hall–Kier alpha value is -6.73. The highest BCUT2D eigenvalue weighted by molar-refractivity contribution is 7.12. The minimum atomic E-state index is -0.774. The number of alkyl carbamates (subject to hydrolysis) is 2. The number of nitrogens with one attached hydrogen (secondary N) is 4. The van der Waals surface area contributed by atoms with Crippen molar-refractivity contribution in [3.8, 4) is 39.5 Å². The number of methoxy groups -OCH3 is 2. The molecule has 6 aromatic rings. The summed E-state index contributed by atoms with van der Waals surface area (Å²) in [6.45, 7) is 13.1. The molecule has 4 aromatic heterocycles. The lowest BCUT2D eigenvalue weighted by Crippen LogP contribution is -2.54. The van der Waals surface area contributed by atoms with Crippen molar-refractivity contribution in [2.24, 2.45) is 11.8 Å². The van der Waals surface area contributed by atoms with Gasteiger partial charge in [0.15, 0.2) is 0 Å². The molecule has 2 aromatic carbocycles. The third kappa shape index (κ3) is 9.57. The average Bonchev–Trinajstić information content (AvgIpc) is 4.23. The predicted molar refractivity (Wildman–Crippen MR) is 273 cm³/mol. The van der Waals surface area contributed by atoms with Crippen LogP contribution in [0.2, 0.25) is 0 Å². The van der Waals surface area contributed by atoms with Crippen LogP contribution in [0.15, 0.2) is 60.9 Å². The van der Waals surface area contributed by atoms with E-state index in [0.29, 0.717) is 84.6 Å². The Morgan fingerprint density at radius 2 is 1.42 bits per heavy atom. The van der Waals surface area contributed by atoms with E-state index in [1.54, 1.807) is 28.6 Å². The molecule has 4 aliphatic heterocycles. The van der Waals surface area contributed by atoms with E-state index in [1.165, 1.54) is 25.2 Å². The number of H-pyrrole nitrogens is 2. The van der Waals surface area contributed by atoms with Crippen LogP contribution in [0.3, 0.4) is 0 Å². The third-order valence-corrected chi connectivity index (χ3v) is 16.3. The van der Waals surface area contributed by atoms with Crippen LogP contribution in [0.4, 0.5) is 14.0 Å². The lowest BCUT2D eigenvalue weighted by Gasteiger charge is -2.38. The molecule has 10 rings (SSSR count). The van der Waals surface area contributed by atoms with Crippen molar-refractivity contribution in [2.45, 2.75) is 129 Å². The van der Waals surface area contributed by atoms with E-state index in [9.17, 15) is 19.2 Å². The Morgan fingerprint density at radius 3 is 2.04 bits per heavy atom. The highest BCUT2D eigenvalue weighted by Gasteiger charge is 2.43. The maximum Gasteiger partial charge on any atom is 0.407 e. The molecule has 3 unspecified atom stereocenters. The number of nitrogens with zero attached hydrogens (tertiary/aromatic N) is 5. The van der Waals surface area contributed by atoms with Crippen molar-refractivity contribution >= 4 is 46.2 Å². The van der Waals surface area contributed by atoms with E-state index in [2.05, 4.69) is 57.2 Å². The highest BCUT2D eigenvalue weighted by Crippen LogP contribution is 2.49. The molecule has 0 spiro atoms. The zero-order valence-corrected chi connectivity index (χ0v) is 43.3. The van der Waals surface area contributed by atoms with Gasteiger partial charge in [-0.25, -0.2) is 23.9 Å². The Bertz CT molecular complexity index is 3040. The van der Waals surface area contributed by atoms with Crippen LogP contribution >= 0.6 is 11.3 Å². The Kier molecular flexibility index (Phi) is 13.9. The SMILES string of the molecule is COC(=O)NC(C(=O)N1CCC[C@H]1c1ncc(-c2ccc3c(c2)cc2n3C(c3ccc(C(C)C)s3)Oc3cc(-c4cnc([C@@H]5CCCN5C(=O)[C@@H](NC(=O)OC)C(C)C)[nH]4)cc(F)c3-2)[nH]1)C1C[C@@H](C)O[C@@H](C)C1. The van der Waals surface area contributed by atoms with Gasteiger partial charge >= 0.3 is 12.2 Å². The molecule has 0 saturated carbocycles. The van der Waals surface area contributed by atoms with Gasteiger partial charge in [0.1, 0.15) is 35.3 Å². The molecule has 0 aliphatic carbocycles. The van der Waals surface area contributed by atoms with E-state index in [4.69, 9.17) is 28.9 Å². The van der Waals surface area contributed by atoms with E-state index in [1.807, 2.05) is 56.9 Å². The summed E-state index contributed by atoms with van der Waals surface area (Å²) in [4.78, 5) is 75.3. The van der Waals surface area contributed by atoms with Gasteiger partial charge in [-0.3, -0.25) is 14.2 Å². The Morgan fingerprint density at radius 1 is 0.795 bits per heavy atom. The minimum absolute atomic E-state index is 0.0516. The summed E-state index contributed by atoms with van der Waals surface area (Å²) in [7, 11) is 2.57. The van der Waals surface area contributed by atoms with E-state index in [-0.39, 0.29) is 47.9 Å². The quantitative estimate of drug-likeness (QED) is 0.0915. The normalized spacial score (nSPS) is 22.5. The zero-order valence-electron chi connectivity index (χ0n) is 42.5. The first kappa shape index (κ1) is 49.8. The Balaban J connectivity index is 0.953. The first-order valence-corrected chi connectivity index (χ1v) is 26.2. The molecule has 8 heterocycles. The third-order valence-electron chi connectivity index (χ3n) is 14.9. The fraction of sp³-hybridized carbons (Fsp3) is 0.481. The van der Waals surface area contributed by atoms with E-state index < -0.39 is 36.3 Å². The number of aromatic nitrogens is 5. The molecular weight excluding hydrogens is 954 g/mol. The molecule has 0 bridgehead atoms. The summed E-state index contributed by atoms with van der Waals surface area (Å²) in [5.74, 6) is 0.775. The van der Waals surface area contributed by atoms with Gasteiger partial charge in [0, 0.05) is 34.5 Å². The summed E-state index contributed by atoms with van der Waals surface area (Å²) in [5.41, 5.74) is 4.61. The first-order valence-electron chi connectivity index (χ1n) is 25.4. The molecule has 19 heteroatoms. The second kappa shape index (κ2) is 20.3. The van der Waals surface area contributed by atoms with E-state index >= 15 is 4.39 Å². The monoisotopic (exact) mass is 1020 g/mol. The van der Waals surface area contributed by atoms with Crippen LogP contribution in [0.5, 0.6) is 5.75 Å². The Labute approximate surface area is 427 Å². The fourth-order valence-corrected chi connectivity index (χ4v) is 12.4. The molecule has 386 valence electrons. The number of amides is 4. The number of carbonyl (C=O) groups is 4. The molecule has 8 atom stereocenters. The van der Waals surface area contributed by atoms with Crippen molar-refractivity contribution in [2.75, 3.05) is 27.3 Å². The number of carbonyl (C=O) groups excluding carboxylic acids is 4. The molecule has 4 N–H and O–H groups in total. The van der Waals surface area contributed by atoms with Gasteiger partial charge in [-0.15, -0.1) is 11.3 Å². The number of thiophene rings is 1. The molecule has 73 heavy (non-hydrogen) atoms. The van der Waals surface area contributed by atoms with Crippen LogP contribution in [0.25, 0.3) is 44.7 Å². The number of fused-ring (bicyclic) bond motifs is 5. The molecule has 4 aliphatic rings. The van der Waals surface area contributed by atoms with Crippen molar-refractivity contribution in [1.82, 2.24) is 44.9 Å². The van der Waals surface area contributed by atoms with E-state index in [0.717, 1.165) is 39.9 Å². The first-order chi connectivity index (χ1) is 35.1. The molecular formula is C54H64FN9O8S. The van der Waals surface area contributed by atoms with Crippen molar-refractivity contribution in [3.63, 3.8) is 0 Å². The smallest absolute Gasteiger partial charge is 0.407 e. The van der Waals surface area contributed by atoms with Gasteiger partial charge in [-0.05, 0) is 113 Å². The van der Waals surface area contributed by atoms with Crippen molar-refractivity contribution < 1.29 is 42.5 Å². The standard InChI is InChI=1S/C54H64FN9O8S/c1-27(2)43-15-16-44(73-43)52-64-38-14-13-31(36-25-56-48(58-36)40-12-10-18-63(40)51(66)47(61-54(68)70-8)34-19-29(5)71-30(6)20-34)21-33(38)23-41(64)45-35(55)22-32(24-42(45)72-52)37-26-57-49(59-37)39-11-9-17-62(39)50(65)46(28(3)4)60-53(67)69-7/h13-16,21-30,34,39-40,46-47,52H,9-12,17-20H2,1-8H3,(H,56,58)(H,57,59)(H,60,67)(H,61,68)/t29-,30+,34?,39-,40-,46-,47?,52?/m0/s1. The van der Waals surface area contributed by atoms with Crippen LogP contribution in [-0.2, 0) is 23.8 Å². The maximum absolute atomic E-state index is 17.0. The second-order valence-corrected chi connectivity index (χ2v) is 21.7. The van der Waals surface area contributed by atoms with Gasteiger partial charge in [0.2, 0.25) is 18.0 Å². The maximum atomic E-state index is 17.0. The number of hydrogen-bond donors (Lipinski definition) is 4. The van der Waals surface area contributed by atoms with Crippen LogP contribution in [0.1, 0.15) is 126 Å². The van der Waals surface area contributed by atoms with Gasteiger partial charge in [0.25, 0.3) is 0 Å². The number of imidazole rings is 2. The summed E-state index contributed by atoms with van der Waals surface area (Å²) < 4.78 is 41.7. The van der Waals surface area contributed by atoms with Gasteiger partial charge in [-0.1, -0.05) is 33.8 Å². The lowest BCUT2D eigenvalue weighted by molar-refractivity contribution is -0.138. The largest absolute Gasteiger partial charge is 0.464 e. The second-order valence-electron chi connectivity index (χ2n) is 20.6. The number of rotatable bonds is 12. The summed E-state index contributed by atoms with van der Waals surface area (Å²) in [6.07, 6.45) is 5.63. The summed E-state index contributed by atoms with van der Waals surface area (Å²) >= 11 is 1.67. The predicted octanol–water partition coefficient (Wildman–Crippen LogP) is 9.99. The molecule has 0 radical (unpaired) electrons. The molecule has 4 amide bonds. The minimum Gasteiger partial charge on any atom is -0.464 e. The average molecular weight is 1020 g/mol. The zero-order chi connectivity index (χ0) is 51.4. The summed E-state index contributed by atoms with van der Waals surface area (Å²) in [6, 6.07) is 13.4. The van der Waals surface area contributed by atoms with Crippen LogP contribution < -0.4 is 15.4 Å². The van der Waals surface area contributed by atoms with Crippen molar-refractivity contribution in [1.29, 1.82) is 0 Å².